The first-order valence-corrected chi connectivity index (χ1v) is 16.3. The van der Waals surface area contributed by atoms with E-state index in [0.29, 0.717) is 11.5 Å². The van der Waals surface area contributed by atoms with E-state index in [1.54, 1.807) is 0 Å². The molecule has 6 heteroatoms. The number of benzene rings is 7. The Morgan fingerprint density at radius 3 is 2.14 bits per heavy atom. The van der Waals surface area contributed by atoms with Gasteiger partial charge in [-0.2, -0.15) is 5.26 Å². The maximum Gasteiger partial charge on any atom is 0.294 e. The van der Waals surface area contributed by atoms with E-state index in [9.17, 15) is 5.26 Å². The summed E-state index contributed by atoms with van der Waals surface area (Å²) in [5.74, 6) is 0.531. The molecule has 232 valence electrons. The van der Waals surface area contributed by atoms with Crippen molar-refractivity contribution in [2.45, 2.75) is 6.04 Å². The van der Waals surface area contributed by atoms with Crippen LogP contribution >= 0.6 is 0 Å². The fourth-order valence-electron chi connectivity index (χ4n) is 7.05. The summed E-state index contributed by atoms with van der Waals surface area (Å²) in [6.07, 6.45) is 0. The van der Waals surface area contributed by atoms with Crippen molar-refractivity contribution in [2.75, 3.05) is 0 Å². The zero-order valence-corrected chi connectivity index (χ0v) is 26.7. The average molecular weight is 639 g/mol. The molecule has 0 aliphatic carbocycles. The SMILES string of the molecule is [C-]#[N+]C1=C(c2cc3ccccc3c3ccccc23)NC(c2nc(-c3cccc4ccc(-c5ccccc5)cc34)c3ccccc3n2)C(C#N)=N1. The number of para-hydroxylation sites is 1. The molecule has 0 spiro atoms. The van der Waals surface area contributed by atoms with Gasteiger partial charge in [-0.25, -0.2) is 9.97 Å². The molecule has 1 aliphatic rings. The highest BCUT2D eigenvalue weighted by Crippen LogP contribution is 2.38. The molecule has 0 radical (unpaired) electrons. The van der Waals surface area contributed by atoms with Crippen molar-refractivity contribution in [1.29, 1.82) is 5.26 Å². The van der Waals surface area contributed by atoms with E-state index in [-0.39, 0.29) is 11.5 Å². The third kappa shape index (κ3) is 4.75. The van der Waals surface area contributed by atoms with Gasteiger partial charge in [0.05, 0.1) is 16.9 Å². The first kappa shape index (κ1) is 29.0. The molecule has 1 aliphatic heterocycles. The Bertz CT molecular complexity index is 2820. The maximum atomic E-state index is 10.4. The monoisotopic (exact) mass is 638 g/mol. The summed E-state index contributed by atoms with van der Waals surface area (Å²) in [4.78, 5) is 18.7. The van der Waals surface area contributed by atoms with Crippen molar-refractivity contribution in [3.63, 3.8) is 0 Å². The normalized spacial score (nSPS) is 14.4. The lowest BCUT2D eigenvalue weighted by molar-refractivity contribution is 0.741. The van der Waals surface area contributed by atoms with Gasteiger partial charge >= 0.3 is 0 Å². The summed E-state index contributed by atoms with van der Waals surface area (Å²) >= 11 is 0. The van der Waals surface area contributed by atoms with Crippen LogP contribution in [0, 0.1) is 17.9 Å². The van der Waals surface area contributed by atoms with Crippen LogP contribution < -0.4 is 5.32 Å². The predicted molar refractivity (Wildman–Crippen MR) is 202 cm³/mol. The van der Waals surface area contributed by atoms with Crippen molar-refractivity contribution in [3.8, 4) is 28.5 Å². The number of aliphatic imine (C=N–C) groups is 1. The molecular formula is C44H26N6. The van der Waals surface area contributed by atoms with Crippen molar-refractivity contribution < 1.29 is 0 Å². The molecule has 1 aromatic heterocycles. The van der Waals surface area contributed by atoms with Crippen molar-refractivity contribution in [3.05, 3.63) is 174 Å². The standard InChI is InChI=1S/C44H26N6/c1-46-43-41(37-25-30-14-5-6-16-31(30)32-17-7-8-18-33(32)37)49-42(39(26-45)48-43)44-47-38-21-10-9-19-35(38)40(50-44)34-20-11-15-28-22-23-29(24-36(28)34)27-12-3-2-4-13-27/h2-25,42,49H. The molecule has 0 bridgehead atoms. The summed E-state index contributed by atoms with van der Waals surface area (Å²) < 4.78 is 0. The van der Waals surface area contributed by atoms with E-state index in [1.807, 2.05) is 72.8 Å². The number of aromatic nitrogens is 2. The van der Waals surface area contributed by atoms with Crippen LogP contribution in [-0.2, 0) is 0 Å². The number of fused-ring (bicyclic) bond motifs is 5. The molecule has 1 N–H and O–H groups in total. The van der Waals surface area contributed by atoms with Gasteiger partial charge in [0.25, 0.3) is 5.82 Å². The molecule has 0 saturated heterocycles. The third-order valence-corrected chi connectivity index (χ3v) is 9.39. The van der Waals surface area contributed by atoms with Crippen LogP contribution in [0.3, 0.4) is 0 Å². The number of hydrogen-bond acceptors (Lipinski definition) is 5. The van der Waals surface area contributed by atoms with Crippen LogP contribution in [0.5, 0.6) is 0 Å². The van der Waals surface area contributed by atoms with Gasteiger partial charge in [0, 0.05) is 10.9 Å². The lowest BCUT2D eigenvalue weighted by Crippen LogP contribution is -2.32. The van der Waals surface area contributed by atoms with Crippen molar-refractivity contribution >= 4 is 54.6 Å². The van der Waals surface area contributed by atoms with E-state index in [4.69, 9.17) is 16.5 Å². The Labute approximate surface area is 288 Å². The summed E-state index contributed by atoms with van der Waals surface area (Å²) in [7, 11) is 0. The van der Waals surface area contributed by atoms with Gasteiger partial charge in [-0.1, -0.05) is 134 Å². The molecule has 6 nitrogen and oxygen atoms in total. The fourth-order valence-corrected chi connectivity index (χ4v) is 7.05. The Morgan fingerprint density at radius 2 is 1.32 bits per heavy atom. The summed E-state index contributed by atoms with van der Waals surface area (Å²) in [5.41, 5.74) is 6.23. The van der Waals surface area contributed by atoms with E-state index in [2.05, 4.69) is 94.0 Å². The van der Waals surface area contributed by atoms with Gasteiger partial charge in [-0.05, 0) is 67.2 Å². The molecule has 7 aromatic carbocycles. The molecule has 8 aromatic rings. The molecule has 1 atom stereocenters. The number of nitrogens with one attached hydrogen (secondary N) is 1. The minimum Gasteiger partial charge on any atom is -0.375 e. The largest absolute Gasteiger partial charge is 0.375 e. The Kier molecular flexibility index (Phi) is 6.86. The second-order valence-corrected chi connectivity index (χ2v) is 12.2. The van der Waals surface area contributed by atoms with E-state index in [0.717, 1.165) is 71.2 Å². The molecule has 9 rings (SSSR count). The van der Waals surface area contributed by atoms with Crippen molar-refractivity contribution in [1.82, 2.24) is 15.3 Å². The quantitative estimate of drug-likeness (QED) is 0.154. The van der Waals surface area contributed by atoms with Gasteiger partial charge in [0.2, 0.25) is 5.71 Å². The lowest BCUT2D eigenvalue weighted by Gasteiger charge is -2.24. The zero-order valence-electron chi connectivity index (χ0n) is 26.7. The van der Waals surface area contributed by atoms with Crippen LogP contribution in [0.25, 0.3) is 76.1 Å². The molecular weight excluding hydrogens is 613 g/mol. The highest BCUT2D eigenvalue weighted by molar-refractivity contribution is 6.13. The first-order chi connectivity index (χ1) is 24.7. The van der Waals surface area contributed by atoms with Crippen LogP contribution in [0.2, 0.25) is 0 Å². The topological polar surface area (TPSA) is 78.3 Å². The average Bonchev–Trinajstić information content (AvgIpc) is 3.19. The number of hydrogen-bond donors (Lipinski definition) is 1. The van der Waals surface area contributed by atoms with E-state index >= 15 is 0 Å². The summed E-state index contributed by atoms with van der Waals surface area (Å²) in [5, 5.41) is 21.2. The number of nitriles is 1. The molecule has 2 heterocycles. The highest BCUT2D eigenvalue weighted by Gasteiger charge is 2.33. The predicted octanol–water partition coefficient (Wildman–Crippen LogP) is 10.3. The second-order valence-electron chi connectivity index (χ2n) is 12.2. The first-order valence-electron chi connectivity index (χ1n) is 16.3. The number of rotatable bonds is 4. The summed E-state index contributed by atoms with van der Waals surface area (Å²) in [6, 6.07) is 51.0. The van der Waals surface area contributed by atoms with Gasteiger partial charge in [-0.3, -0.25) is 0 Å². The van der Waals surface area contributed by atoms with Gasteiger partial charge in [0.1, 0.15) is 6.07 Å². The fraction of sp³-hybridized carbons (Fsp3) is 0.0227. The molecule has 0 amide bonds. The van der Waals surface area contributed by atoms with Gasteiger partial charge in [0.15, 0.2) is 11.9 Å². The van der Waals surface area contributed by atoms with Crippen molar-refractivity contribution in [2.24, 2.45) is 4.99 Å². The third-order valence-electron chi connectivity index (χ3n) is 9.39. The van der Waals surface area contributed by atoms with Crippen LogP contribution in [0.15, 0.2) is 156 Å². The van der Waals surface area contributed by atoms with Gasteiger partial charge < -0.3 is 10.2 Å². The minimum atomic E-state index is -0.788. The van der Waals surface area contributed by atoms with Crippen LogP contribution in [0.1, 0.15) is 17.4 Å². The van der Waals surface area contributed by atoms with Crippen LogP contribution in [-0.4, -0.2) is 15.7 Å². The molecule has 1 unspecified atom stereocenters. The lowest BCUT2D eigenvalue weighted by atomic mass is 9.94. The maximum absolute atomic E-state index is 10.4. The minimum absolute atomic E-state index is 0.127. The number of nitrogens with zero attached hydrogens (tertiary/aromatic N) is 5. The van der Waals surface area contributed by atoms with E-state index < -0.39 is 6.04 Å². The summed E-state index contributed by atoms with van der Waals surface area (Å²) in [6.45, 7) is 8.07. The van der Waals surface area contributed by atoms with E-state index in [1.165, 1.54) is 0 Å². The smallest absolute Gasteiger partial charge is 0.294 e. The highest BCUT2D eigenvalue weighted by atomic mass is 15.1. The molecule has 0 saturated carbocycles. The molecule has 0 fully saturated rings. The second kappa shape index (κ2) is 11.8. The Morgan fingerprint density at radius 1 is 0.600 bits per heavy atom. The Balaban J connectivity index is 1.24. The molecule has 50 heavy (non-hydrogen) atoms. The van der Waals surface area contributed by atoms with Gasteiger partial charge in [-0.15, -0.1) is 4.99 Å². The zero-order chi connectivity index (χ0) is 33.6. The Hall–Kier alpha value is -7.15. The van der Waals surface area contributed by atoms with Crippen LogP contribution in [0.4, 0.5) is 0 Å².